The van der Waals surface area contributed by atoms with Crippen LogP contribution in [-0.2, 0) is 0 Å². The molecule has 2 N–H and O–H groups in total. The van der Waals surface area contributed by atoms with Crippen molar-refractivity contribution in [1.82, 2.24) is 4.98 Å². The monoisotopic (exact) mass is 353 g/mol. The summed E-state index contributed by atoms with van der Waals surface area (Å²) < 4.78 is 1.13. The van der Waals surface area contributed by atoms with Crippen molar-refractivity contribution >= 4 is 40.0 Å². The maximum absolute atomic E-state index is 12.1. The van der Waals surface area contributed by atoms with Crippen molar-refractivity contribution in [1.29, 1.82) is 0 Å². The highest BCUT2D eigenvalue weighted by molar-refractivity contribution is 14.1. The number of carbonyl (C=O) groups is 1. The zero-order valence-electron chi connectivity index (χ0n) is 9.77. The van der Waals surface area contributed by atoms with Crippen LogP contribution in [0, 0.1) is 3.57 Å². The third-order valence-electron chi connectivity index (χ3n) is 2.39. The standard InChI is InChI=1S/C13H12IN3O/c1-15-12-11(3-2-8-16-12)13(18)17-10-6-4-9(14)5-7-10/h2-8H,1H3,(H,15,16)(H,17,18). The van der Waals surface area contributed by atoms with Crippen LogP contribution >= 0.6 is 22.6 Å². The zero-order valence-corrected chi connectivity index (χ0v) is 11.9. The van der Waals surface area contributed by atoms with Crippen LogP contribution < -0.4 is 10.6 Å². The molecule has 0 unspecified atom stereocenters. The summed E-state index contributed by atoms with van der Waals surface area (Å²) in [5.74, 6) is 0.397. The largest absolute Gasteiger partial charge is 0.372 e. The summed E-state index contributed by atoms with van der Waals surface area (Å²) in [6, 6.07) is 11.1. The molecule has 0 aliphatic heterocycles. The Balaban J connectivity index is 2.19. The molecule has 1 heterocycles. The summed E-state index contributed by atoms with van der Waals surface area (Å²) in [4.78, 5) is 16.2. The molecule has 92 valence electrons. The van der Waals surface area contributed by atoms with Gasteiger partial charge in [0.15, 0.2) is 0 Å². The Labute approximate surface area is 119 Å². The van der Waals surface area contributed by atoms with Gasteiger partial charge in [-0.1, -0.05) is 0 Å². The normalized spacial score (nSPS) is 9.89. The minimum atomic E-state index is -0.173. The highest BCUT2D eigenvalue weighted by Gasteiger charge is 2.11. The van der Waals surface area contributed by atoms with Crippen molar-refractivity contribution in [3.8, 4) is 0 Å². The predicted molar refractivity (Wildman–Crippen MR) is 80.9 cm³/mol. The average molecular weight is 353 g/mol. The van der Waals surface area contributed by atoms with Gasteiger partial charge in [-0.2, -0.15) is 0 Å². The summed E-state index contributed by atoms with van der Waals surface area (Å²) in [5.41, 5.74) is 1.30. The van der Waals surface area contributed by atoms with Crippen molar-refractivity contribution in [2.24, 2.45) is 0 Å². The molecule has 4 nitrogen and oxygen atoms in total. The minimum absolute atomic E-state index is 0.173. The highest BCUT2D eigenvalue weighted by atomic mass is 127. The number of nitrogens with zero attached hydrogens (tertiary/aromatic N) is 1. The van der Waals surface area contributed by atoms with Crippen molar-refractivity contribution in [2.45, 2.75) is 0 Å². The number of pyridine rings is 1. The number of nitrogens with one attached hydrogen (secondary N) is 2. The Bertz CT molecular complexity index is 554. The molecule has 2 rings (SSSR count). The number of aromatic nitrogens is 1. The smallest absolute Gasteiger partial charge is 0.259 e. The second-order valence-electron chi connectivity index (χ2n) is 3.61. The molecule has 0 saturated carbocycles. The van der Waals surface area contributed by atoms with Gasteiger partial charge in [0.25, 0.3) is 5.91 Å². The van der Waals surface area contributed by atoms with Crippen LogP contribution in [0.4, 0.5) is 11.5 Å². The molecule has 0 aliphatic rings. The van der Waals surface area contributed by atoms with Crippen LogP contribution in [0.1, 0.15) is 10.4 Å². The van der Waals surface area contributed by atoms with Crippen LogP contribution in [0.5, 0.6) is 0 Å². The van der Waals surface area contributed by atoms with Crippen LogP contribution in [0.2, 0.25) is 0 Å². The Hall–Kier alpha value is -1.63. The summed E-state index contributed by atoms with van der Waals surface area (Å²) >= 11 is 2.22. The average Bonchev–Trinajstić information content (AvgIpc) is 2.41. The molecule has 0 saturated heterocycles. The van der Waals surface area contributed by atoms with Gasteiger partial charge >= 0.3 is 0 Å². The third kappa shape index (κ3) is 2.98. The Morgan fingerprint density at radius 2 is 1.94 bits per heavy atom. The van der Waals surface area contributed by atoms with Crippen molar-refractivity contribution in [3.05, 3.63) is 51.7 Å². The van der Waals surface area contributed by atoms with Gasteiger partial charge in [0.05, 0.1) is 5.56 Å². The Morgan fingerprint density at radius 1 is 1.22 bits per heavy atom. The van der Waals surface area contributed by atoms with Crippen LogP contribution in [-0.4, -0.2) is 17.9 Å². The van der Waals surface area contributed by atoms with Gasteiger partial charge < -0.3 is 10.6 Å². The fourth-order valence-corrected chi connectivity index (χ4v) is 1.88. The van der Waals surface area contributed by atoms with E-state index in [2.05, 4.69) is 38.2 Å². The number of halogens is 1. The van der Waals surface area contributed by atoms with E-state index >= 15 is 0 Å². The maximum atomic E-state index is 12.1. The second-order valence-corrected chi connectivity index (χ2v) is 4.86. The first-order valence-electron chi connectivity index (χ1n) is 5.40. The van der Waals surface area contributed by atoms with E-state index in [9.17, 15) is 4.79 Å². The number of benzene rings is 1. The van der Waals surface area contributed by atoms with Gasteiger partial charge in [-0.15, -0.1) is 0 Å². The van der Waals surface area contributed by atoms with Crippen molar-refractivity contribution in [2.75, 3.05) is 17.7 Å². The van der Waals surface area contributed by atoms with Crippen LogP contribution in [0.15, 0.2) is 42.6 Å². The number of hydrogen-bond donors (Lipinski definition) is 2. The Morgan fingerprint density at radius 3 is 2.61 bits per heavy atom. The number of amides is 1. The highest BCUT2D eigenvalue weighted by Crippen LogP contribution is 2.15. The lowest BCUT2D eigenvalue weighted by Gasteiger charge is -2.08. The summed E-state index contributed by atoms with van der Waals surface area (Å²) in [7, 11) is 1.74. The SMILES string of the molecule is CNc1ncccc1C(=O)Nc1ccc(I)cc1. The van der Waals surface area contributed by atoms with Gasteiger partial charge in [-0.05, 0) is 59.0 Å². The molecule has 0 fully saturated rings. The van der Waals surface area contributed by atoms with E-state index in [1.54, 1.807) is 25.4 Å². The van der Waals surface area contributed by atoms with Gasteiger partial charge in [0, 0.05) is 22.5 Å². The summed E-state index contributed by atoms with van der Waals surface area (Å²) in [6.07, 6.45) is 1.65. The minimum Gasteiger partial charge on any atom is -0.372 e. The van der Waals surface area contributed by atoms with Gasteiger partial charge in [0.2, 0.25) is 0 Å². The van der Waals surface area contributed by atoms with E-state index in [0.29, 0.717) is 11.4 Å². The van der Waals surface area contributed by atoms with Gasteiger partial charge in [-0.3, -0.25) is 4.79 Å². The van der Waals surface area contributed by atoms with Crippen molar-refractivity contribution < 1.29 is 4.79 Å². The van der Waals surface area contributed by atoms with Gasteiger partial charge in [0.1, 0.15) is 5.82 Å². The summed E-state index contributed by atoms with van der Waals surface area (Å²) in [6.45, 7) is 0. The third-order valence-corrected chi connectivity index (χ3v) is 3.11. The first-order valence-corrected chi connectivity index (χ1v) is 6.48. The molecule has 1 amide bonds. The fourth-order valence-electron chi connectivity index (χ4n) is 1.52. The predicted octanol–water partition coefficient (Wildman–Crippen LogP) is 2.98. The molecule has 0 bridgehead atoms. The molecule has 1 aromatic carbocycles. The molecule has 0 atom stereocenters. The second kappa shape index (κ2) is 5.81. The van der Waals surface area contributed by atoms with Crippen LogP contribution in [0.25, 0.3) is 0 Å². The molecular weight excluding hydrogens is 341 g/mol. The van der Waals surface area contributed by atoms with Crippen LogP contribution in [0.3, 0.4) is 0 Å². The van der Waals surface area contributed by atoms with E-state index in [4.69, 9.17) is 0 Å². The van der Waals surface area contributed by atoms with E-state index in [-0.39, 0.29) is 5.91 Å². The first-order chi connectivity index (χ1) is 8.70. The zero-order chi connectivity index (χ0) is 13.0. The molecule has 0 aliphatic carbocycles. The molecule has 1 aromatic heterocycles. The van der Waals surface area contributed by atoms with E-state index in [0.717, 1.165) is 9.26 Å². The van der Waals surface area contributed by atoms with E-state index < -0.39 is 0 Å². The number of carbonyl (C=O) groups excluding carboxylic acids is 1. The number of rotatable bonds is 3. The molecule has 0 radical (unpaired) electrons. The molecule has 5 heteroatoms. The lowest BCUT2D eigenvalue weighted by molar-refractivity contribution is 0.102. The maximum Gasteiger partial charge on any atom is 0.259 e. The Kier molecular flexibility index (Phi) is 4.14. The quantitative estimate of drug-likeness (QED) is 0.835. The van der Waals surface area contributed by atoms with Crippen molar-refractivity contribution in [3.63, 3.8) is 0 Å². The molecular formula is C13H12IN3O. The van der Waals surface area contributed by atoms with Gasteiger partial charge in [-0.25, -0.2) is 4.98 Å². The van der Waals surface area contributed by atoms with E-state index in [1.165, 1.54) is 0 Å². The lowest BCUT2D eigenvalue weighted by atomic mass is 10.2. The molecule has 2 aromatic rings. The molecule has 18 heavy (non-hydrogen) atoms. The fraction of sp³-hybridized carbons (Fsp3) is 0.0769. The number of hydrogen-bond acceptors (Lipinski definition) is 3. The lowest BCUT2D eigenvalue weighted by Crippen LogP contribution is -2.14. The number of anilines is 2. The molecule has 0 spiro atoms. The first kappa shape index (κ1) is 12.8. The summed E-state index contributed by atoms with van der Waals surface area (Å²) in [5, 5.41) is 5.74. The topological polar surface area (TPSA) is 54.0 Å². The van der Waals surface area contributed by atoms with E-state index in [1.807, 2.05) is 24.3 Å².